The lowest BCUT2D eigenvalue weighted by molar-refractivity contribution is -0.123. The normalized spacial score (nSPS) is 24.8. The molecule has 1 aromatic rings. The quantitative estimate of drug-likeness (QED) is 0.809. The number of carboxylic acid groups (broad SMARTS) is 1. The monoisotopic (exact) mass is 346 g/mol. The SMILES string of the molecule is CCC1CCCCN1C1CC(=O)N(c2ccc(C(=O)O)c(O)c2)C1=O. The van der Waals surface area contributed by atoms with Crippen molar-refractivity contribution >= 4 is 23.5 Å². The smallest absolute Gasteiger partial charge is 0.339 e. The Morgan fingerprint density at radius 3 is 2.68 bits per heavy atom. The molecule has 25 heavy (non-hydrogen) atoms. The van der Waals surface area contributed by atoms with Crippen molar-refractivity contribution in [2.45, 2.75) is 51.1 Å². The van der Waals surface area contributed by atoms with E-state index in [-0.39, 0.29) is 29.5 Å². The number of carboxylic acids is 1. The zero-order valence-electron chi connectivity index (χ0n) is 14.1. The largest absolute Gasteiger partial charge is 0.507 e. The minimum Gasteiger partial charge on any atom is -0.507 e. The summed E-state index contributed by atoms with van der Waals surface area (Å²) in [6, 6.07) is 3.58. The lowest BCUT2D eigenvalue weighted by atomic mass is 9.97. The van der Waals surface area contributed by atoms with Gasteiger partial charge in [0, 0.05) is 12.1 Å². The second kappa shape index (κ2) is 6.84. The van der Waals surface area contributed by atoms with Gasteiger partial charge in [0.15, 0.2) is 0 Å². The number of nitrogens with zero attached hydrogens (tertiary/aromatic N) is 2. The topological polar surface area (TPSA) is 98.2 Å². The highest BCUT2D eigenvalue weighted by Gasteiger charge is 2.44. The van der Waals surface area contributed by atoms with Crippen molar-refractivity contribution in [3.05, 3.63) is 23.8 Å². The number of benzene rings is 1. The summed E-state index contributed by atoms with van der Waals surface area (Å²) in [5.74, 6) is -2.34. The standard InChI is InChI=1S/C18H22N2O5/c1-2-11-5-3-4-8-19(11)14-10-16(22)20(17(14)23)12-6-7-13(18(24)25)15(21)9-12/h6-7,9,11,14,21H,2-5,8,10H2,1H3,(H,24,25). The van der Waals surface area contributed by atoms with E-state index in [1.807, 2.05) is 0 Å². The molecule has 2 heterocycles. The average molecular weight is 346 g/mol. The molecule has 2 aliphatic rings. The fourth-order valence-corrected chi connectivity index (χ4v) is 3.86. The van der Waals surface area contributed by atoms with Crippen LogP contribution in [0.15, 0.2) is 18.2 Å². The molecule has 0 aromatic heterocycles. The first-order chi connectivity index (χ1) is 11.9. The fraction of sp³-hybridized carbons (Fsp3) is 0.500. The van der Waals surface area contributed by atoms with Crippen LogP contribution in [0.5, 0.6) is 5.75 Å². The van der Waals surface area contributed by atoms with Crippen molar-refractivity contribution in [2.24, 2.45) is 0 Å². The second-order valence-electron chi connectivity index (χ2n) is 6.59. The van der Waals surface area contributed by atoms with Crippen LogP contribution < -0.4 is 4.90 Å². The summed E-state index contributed by atoms with van der Waals surface area (Å²) < 4.78 is 0. The van der Waals surface area contributed by atoms with Gasteiger partial charge in [-0.1, -0.05) is 13.3 Å². The number of amides is 2. The van der Waals surface area contributed by atoms with Gasteiger partial charge < -0.3 is 10.2 Å². The van der Waals surface area contributed by atoms with Gasteiger partial charge in [0.1, 0.15) is 11.3 Å². The van der Waals surface area contributed by atoms with Crippen LogP contribution in [0.3, 0.4) is 0 Å². The summed E-state index contributed by atoms with van der Waals surface area (Å²) in [4.78, 5) is 39.5. The molecule has 134 valence electrons. The predicted molar refractivity (Wildman–Crippen MR) is 90.6 cm³/mol. The predicted octanol–water partition coefficient (Wildman–Crippen LogP) is 1.99. The zero-order valence-corrected chi connectivity index (χ0v) is 14.1. The van der Waals surface area contributed by atoms with E-state index in [0.29, 0.717) is 6.04 Å². The maximum absolute atomic E-state index is 12.9. The van der Waals surface area contributed by atoms with Crippen molar-refractivity contribution in [1.29, 1.82) is 0 Å². The molecule has 2 N–H and O–H groups in total. The Balaban J connectivity index is 1.86. The van der Waals surface area contributed by atoms with Crippen molar-refractivity contribution < 1.29 is 24.6 Å². The van der Waals surface area contributed by atoms with Crippen LogP contribution in [0.2, 0.25) is 0 Å². The molecule has 0 aliphatic carbocycles. The average Bonchev–Trinajstić information content (AvgIpc) is 2.88. The molecule has 0 spiro atoms. The minimum absolute atomic E-state index is 0.122. The Morgan fingerprint density at radius 2 is 2.04 bits per heavy atom. The molecule has 0 bridgehead atoms. The number of aromatic carboxylic acids is 1. The first-order valence-electron chi connectivity index (χ1n) is 8.63. The van der Waals surface area contributed by atoms with Crippen LogP contribution in [-0.2, 0) is 9.59 Å². The first-order valence-corrected chi connectivity index (χ1v) is 8.63. The molecule has 3 rings (SSSR count). The lowest BCUT2D eigenvalue weighted by Crippen LogP contribution is -2.49. The molecule has 2 saturated heterocycles. The van der Waals surface area contributed by atoms with Crippen LogP contribution in [0.1, 0.15) is 49.4 Å². The molecule has 7 nitrogen and oxygen atoms in total. The molecule has 2 aliphatic heterocycles. The third-order valence-electron chi connectivity index (χ3n) is 5.14. The van der Waals surface area contributed by atoms with Crippen molar-refractivity contribution in [3.8, 4) is 5.75 Å². The number of likely N-dealkylation sites (tertiary alicyclic amines) is 1. The number of imide groups is 1. The molecule has 2 atom stereocenters. The van der Waals surface area contributed by atoms with Crippen molar-refractivity contribution in [2.75, 3.05) is 11.4 Å². The highest BCUT2D eigenvalue weighted by molar-refractivity contribution is 6.22. The summed E-state index contributed by atoms with van der Waals surface area (Å²) in [5, 5.41) is 18.8. The van der Waals surface area contributed by atoms with Crippen LogP contribution in [0.4, 0.5) is 5.69 Å². The summed E-state index contributed by atoms with van der Waals surface area (Å²) in [6.07, 6.45) is 4.24. The summed E-state index contributed by atoms with van der Waals surface area (Å²) in [6.45, 7) is 2.89. The number of phenols is 1. The van der Waals surface area contributed by atoms with Gasteiger partial charge in [0.25, 0.3) is 5.91 Å². The van der Waals surface area contributed by atoms with Gasteiger partial charge in [-0.05, 0) is 37.9 Å². The number of hydrogen-bond donors (Lipinski definition) is 2. The van der Waals surface area contributed by atoms with Gasteiger partial charge in [-0.25, -0.2) is 9.69 Å². The zero-order chi connectivity index (χ0) is 18.1. The van der Waals surface area contributed by atoms with Gasteiger partial charge in [-0.2, -0.15) is 0 Å². The maximum Gasteiger partial charge on any atom is 0.339 e. The Hall–Kier alpha value is -2.41. The molecular formula is C18H22N2O5. The van der Waals surface area contributed by atoms with Gasteiger partial charge in [0.2, 0.25) is 5.91 Å². The third-order valence-corrected chi connectivity index (χ3v) is 5.14. The Morgan fingerprint density at radius 1 is 1.28 bits per heavy atom. The van der Waals surface area contributed by atoms with E-state index >= 15 is 0 Å². The van der Waals surface area contributed by atoms with Gasteiger partial charge in [-0.15, -0.1) is 0 Å². The third kappa shape index (κ3) is 3.11. The van der Waals surface area contributed by atoms with Crippen LogP contribution in [-0.4, -0.2) is 51.5 Å². The molecule has 2 unspecified atom stereocenters. The van der Waals surface area contributed by atoms with E-state index in [9.17, 15) is 19.5 Å². The number of anilines is 1. The number of piperidine rings is 1. The summed E-state index contributed by atoms with van der Waals surface area (Å²) >= 11 is 0. The van der Waals surface area contributed by atoms with Crippen molar-refractivity contribution in [1.82, 2.24) is 4.90 Å². The number of rotatable bonds is 4. The van der Waals surface area contributed by atoms with Crippen LogP contribution in [0.25, 0.3) is 0 Å². The second-order valence-corrected chi connectivity index (χ2v) is 6.59. The van der Waals surface area contributed by atoms with E-state index < -0.39 is 17.8 Å². The first kappa shape index (κ1) is 17.4. The van der Waals surface area contributed by atoms with Crippen LogP contribution in [0, 0.1) is 0 Å². The fourth-order valence-electron chi connectivity index (χ4n) is 3.86. The van der Waals surface area contributed by atoms with E-state index in [1.165, 1.54) is 12.1 Å². The van der Waals surface area contributed by atoms with E-state index in [1.54, 1.807) is 0 Å². The highest BCUT2D eigenvalue weighted by Crippen LogP contribution is 2.32. The number of aromatic hydroxyl groups is 1. The van der Waals surface area contributed by atoms with E-state index in [4.69, 9.17) is 5.11 Å². The summed E-state index contributed by atoms with van der Waals surface area (Å²) in [5.41, 5.74) is -0.0495. The van der Waals surface area contributed by atoms with Crippen molar-refractivity contribution in [3.63, 3.8) is 0 Å². The number of carbonyl (C=O) groups is 3. The molecule has 0 saturated carbocycles. The Bertz CT molecular complexity index is 717. The molecule has 1 aromatic carbocycles. The van der Waals surface area contributed by atoms with Gasteiger partial charge >= 0.3 is 5.97 Å². The van der Waals surface area contributed by atoms with Gasteiger partial charge in [-0.3, -0.25) is 14.5 Å². The highest BCUT2D eigenvalue weighted by atomic mass is 16.4. The van der Waals surface area contributed by atoms with Crippen LogP contribution >= 0.6 is 0 Å². The minimum atomic E-state index is -1.26. The maximum atomic E-state index is 12.9. The van der Waals surface area contributed by atoms with E-state index in [0.717, 1.165) is 43.2 Å². The molecular weight excluding hydrogens is 324 g/mol. The Kier molecular flexibility index (Phi) is 4.76. The molecule has 7 heteroatoms. The number of carbonyl (C=O) groups excluding carboxylic acids is 2. The number of hydrogen-bond acceptors (Lipinski definition) is 5. The molecule has 0 radical (unpaired) electrons. The lowest BCUT2D eigenvalue weighted by Gasteiger charge is -2.38. The molecule has 2 amide bonds. The molecule has 2 fully saturated rings. The van der Waals surface area contributed by atoms with E-state index in [2.05, 4.69) is 11.8 Å². The summed E-state index contributed by atoms with van der Waals surface area (Å²) in [7, 11) is 0. The Labute approximate surface area is 145 Å². The van der Waals surface area contributed by atoms with Gasteiger partial charge in [0.05, 0.1) is 18.2 Å².